The van der Waals surface area contributed by atoms with E-state index in [4.69, 9.17) is 0 Å². The minimum absolute atomic E-state index is 0.711. The maximum absolute atomic E-state index is 3.60. The molecule has 1 aromatic rings. The summed E-state index contributed by atoms with van der Waals surface area (Å²) in [5.41, 5.74) is 2.89. The normalized spacial score (nSPS) is 28.7. The zero-order valence-electron chi connectivity index (χ0n) is 12.1. The van der Waals surface area contributed by atoms with Gasteiger partial charge < -0.3 is 10.2 Å². The topological polar surface area (TPSA) is 15.3 Å². The second-order valence-electron chi connectivity index (χ2n) is 6.30. The Bertz CT molecular complexity index is 392. The first-order valence-corrected chi connectivity index (χ1v) is 7.82. The van der Waals surface area contributed by atoms with Gasteiger partial charge in [-0.3, -0.25) is 0 Å². The van der Waals surface area contributed by atoms with Gasteiger partial charge in [0.25, 0.3) is 0 Å². The lowest BCUT2D eigenvalue weighted by molar-refractivity contribution is 0.194. The number of hydrogen-bond acceptors (Lipinski definition) is 2. The van der Waals surface area contributed by atoms with Crippen molar-refractivity contribution in [2.75, 3.05) is 32.7 Å². The second-order valence-corrected chi connectivity index (χ2v) is 6.30. The largest absolute Gasteiger partial charge is 0.316 e. The summed E-state index contributed by atoms with van der Waals surface area (Å²) in [5.74, 6) is 1.50. The molecule has 2 heteroatoms. The number of rotatable bonds is 3. The number of likely N-dealkylation sites (tertiary alicyclic amines) is 1. The number of piperidine rings is 1. The Kier molecular flexibility index (Phi) is 4.19. The highest BCUT2D eigenvalue weighted by Crippen LogP contribution is 2.29. The lowest BCUT2D eigenvalue weighted by Crippen LogP contribution is -2.36. The standard InChI is InChI=1S/C17H26N2/c1-14-5-7-15(8-6-14)17-12-18-11-16(17)13-19-9-3-2-4-10-19/h5-8,16-18H,2-4,9-13H2,1H3. The summed E-state index contributed by atoms with van der Waals surface area (Å²) in [6.07, 6.45) is 4.23. The molecule has 0 aromatic heterocycles. The highest BCUT2D eigenvalue weighted by atomic mass is 15.1. The third-order valence-corrected chi connectivity index (χ3v) is 4.79. The third-order valence-electron chi connectivity index (χ3n) is 4.79. The number of nitrogens with one attached hydrogen (secondary N) is 1. The number of hydrogen-bond donors (Lipinski definition) is 1. The first kappa shape index (κ1) is 13.1. The van der Waals surface area contributed by atoms with Crippen LogP contribution in [0, 0.1) is 12.8 Å². The quantitative estimate of drug-likeness (QED) is 0.897. The molecule has 1 aromatic carbocycles. The van der Waals surface area contributed by atoms with Crippen molar-refractivity contribution in [3.63, 3.8) is 0 Å². The lowest BCUT2D eigenvalue weighted by Gasteiger charge is -2.31. The Hall–Kier alpha value is -0.860. The number of benzene rings is 1. The van der Waals surface area contributed by atoms with Gasteiger partial charge in [-0.25, -0.2) is 0 Å². The molecule has 2 aliphatic heterocycles. The van der Waals surface area contributed by atoms with Crippen LogP contribution in [0.5, 0.6) is 0 Å². The second kappa shape index (κ2) is 6.06. The Labute approximate surface area is 117 Å². The molecule has 0 aliphatic carbocycles. The van der Waals surface area contributed by atoms with E-state index in [0.717, 1.165) is 12.5 Å². The molecule has 0 radical (unpaired) electrons. The minimum Gasteiger partial charge on any atom is -0.316 e. The monoisotopic (exact) mass is 258 g/mol. The maximum atomic E-state index is 3.60. The van der Waals surface area contributed by atoms with Crippen LogP contribution in [0.2, 0.25) is 0 Å². The fraction of sp³-hybridized carbons (Fsp3) is 0.647. The Morgan fingerprint density at radius 1 is 1.05 bits per heavy atom. The first-order chi connectivity index (χ1) is 9.33. The van der Waals surface area contributed by atoms with Crippen molar-refractivity contribution in [3.8, 4) is 0 Å². The Morgan fingerprint density at radius 3 is 2.53 bits per heavy atom. The van der Waals surface area contributed by atoms with Crippen molar-refractivity contribution in [1.29, 1.82) is 0 Å². The molecule has 0 bridgehead atoms. The van der Waals surface area contributed by atoms with Gasteiger partial charge >= 0.3 is 0 Å². The molecular weight excluding hydrogens is 232 g/mol. The highest BCUT2D eigenvalue weighted by molar-refractivity contribution is 5.26. The molecule has 0 saturated carbocycles. The van der Waals surface area contributed by atoms with Gasteiger partial charge in [0.05, 0.1) is 0 Å². The van der Waals surface area contributed by atoms with E-state index in [2.05, 4.69) is 41.4 Å². The van der Waals surface area contributed by atoms with Crippen molar-refractivity contribution in [3.05, 3.63) is 35.4 Å². The predicted octanol–water partition coefficient (Wildman–Crippen LogP) is 2.78. The summed E-state index contributed by atoms with van der Waals surface area (Å²) in [6, 6.07) is 9.17. The van der Waals surface area contributed by atoms with Gasteiger partial charge in [0, 0.05) is 19.0 Å². The van der Waals surface area contributed by atoms with Gasteiger partial charge in [-0.05, 0) is 50.9 Å². The minimum atomic E-state index is 0.711. The van der Waals surface area contributed by atoms with E-state index in [9.17, 15) is 0 Å². The van der Waals surface area contributed by atoms with Crippen molar-refractivity contribution < 1.29 is 0 Å². The zero-order chi connectivity index (χ0) is 13.1. The summed E-state index contributed by atoms with van der Waals surface area (Å²) < 4.78 is 0. The van der Waals surface area contributed by atoms with Crippen LogP contribution >= 0.6 is 0 Å². The third kappa shape index (κ3) is 3.18. The van der Waals surface area contributed by atoms with E-state index < -0.39 is 0 Å². The smallest absolute Gasteiger partial charge is 0.00281 e. The SMILES string of the molecule is Cc1ccc(C2CNCC2CN2CCCCC2)cc1. The van der Waals surface area contributed by atoms with Crippen LogP contribution in [0.25, 0.3) is 0 Å². The number of nitrogens with zero attached hydrogens (tertiary/aromatic N) is 1. The highest BCUT2D eigenvalue weighted by Gasteiger charge is 2.30. The summed E-state index contributed by atoms with van der Waals surface area (Å²) >= 11 is 0. The molecule has 2 fully saturated rings. The van der Waals surface area contributed by atoms with Crippen LogP contribution in [0.3, 0.4) is 0 Å². The van der Waals surface area contributed by atoms with Gasteiger partial charge in [-0.2, -0.15) is 0 Å². The summed E-state index contributed by atoms with van der Waals surface area (Å²) in [7, 11) is 0. The van der Waals surface area contributed by atoms with Crippen LogP contribution < -0.4 is 5.32 Å². The molecular formula is C17H26N2. The van der Waals surface area contributed by atoms with E-state index in [1.165, 1.54) is 56.6 Å². The fourth-order valence-electron chi connectivity index (χ4n) is 3.60. The van der Waals surface area contributed by atoms with Gasteiger partial charge in [-0.15, -0.1) is 0 Å². The van der Waals surface area contributed by atoms with Gasteiger partial charge in [0.1, 0.15) is 0 Å². The number of aryl methyl sites for hydroxylation is 1. The molecule has 104 valence electrons. The molecule has 3 rings (SSSR count). The molecule has 19 heavy (non-hydrogen) atoms. The summed E-state index contributed by atoms with van der Waals surface area (Å²) in [4.78, 5) is 2.68. The van der Waals surface area contributed by atoms with Gasteiger partial charge in [0.2, 0.25) is 0 Å². The summed E-state index contributed by atoms with van der Waals surface area (Å²) in [5, 5.41) is 3.60. The fourth-order valence-corrected chi connectivity index (χ4v) is 3.60. The van der Waals surface area contributed by atoms with Crippen LogP contribution in [0.15, 0.2) is 24.3 Å². The molecule has 2 heterocycles. The van der Waals surface area contributed by atoms with E-state index in [1.54, 1.807) is 0 Å². The molecule has 0 spiro atoms. The van der Waals surface area contributed by atoms with Gasteiger partial charge in [-0.1, -0.05) is 36.2 Å². The van der Waals surface area contributed by atoms with Gasteiger partial charge in [0.15, 0.2) is 0 Å². The zero-order valence-corrected chi connectivity index (χ0v) is 12.1. The Morgan fingerprint density at radius 2 is 1.79 bits per heavy atom. The molecule has 2 saturated heterocycles. The predicted molar refractivity (Wildman–Crippen MR) is 80.6 cm³/mol. The molecule has 2 aliphatic rings. The van der Waals surface area contributed by atoms with E-state index in [1.807, 2.05) is 0 Å². The van der Waals surface area contributed by atoms with E-state index in [0.29, 0.717) is 5.92 Å². The van der Waals surface area contributed by atoms with Crippen molar-refractivity contribution in [2.24, 2.45) is 5.92 Å². The van der Waals surface area contributed by atoms with Crippen LogP contribution in [0.1, 0.15) is 36.3 Å². The summed E-state index contributed by atoms with van der Waals surface area (Å²) in [6.45, 7) is 8.43. The molecule has 2 nitrogen and oxygen atoms in total. The average Bonchev–Trinajstić information content (AvgIpc) is 2.89. The molecule has 0 amide bonds. The molecule has 1 N–H and O–H groups in total. The van der Waals surface area contributed by atoms with Crippen LogP contribution in [-0.2, 0) is 0 Å². The maximum Gasteiger partial charge on any atom is 0.00281 e. The molecule has 2 unspecified atom stereocenters. The van der Waals surface area contributed by atoms with Crippen molar-refractivity contribution in [1.82, 2.24) is 10.2 Å². The lowest BCUT2D eigenvalue weighted by atomic mass is 9.88. The van der Waals surface area contributed by atoms with Crippen LogP contribution in [0.4, 0.5) is 0 Å². The Balaban J connectivity index is 1.65. The van der Waals surface area contributed by atoms with Crippen molar-refractivity contribution >= 4 is 0 Å². The van der Waals surface area contributed by atoms with Crippen LogP contribution in [-0.4, -0.2) is 37.6 Å². The van der Waals surface area contributed by atoms with E-state index in [-0.39, 0.29) is 0 Å². The van der Waals surface area contributed by atoms with Crippen molar-refractivity contribution in [2.45, 2.75) is 32.1 Å². The average molecular weight is 258 g/mol. The first-order valence-electron chi connectivity index (χ1n) is 7.82. The van der Waals surface area contributed by atoms with E-state index >= 15 is 0 Å². The molecule has 2 atom stereocenters.